The number of nitrogens with zero attached hydrogens (tertiary/aromatic N) is 2. The fourth-order valence-corrected chi connectivity index (χ4v) is 1.82. The van der Waals surface area contributed by atoms with Crippen LogP contribution in [0.5, 0.6) is 0 Å². The summed E-state index contributed by atoms with van der Waals surface area (Å²) < 4.78 is 0. The first-order valence-corrected chi connectivity index (χ1v) is 7.90. The Morgan fingerprint density at radius 2 is 1.23 bits per heavy atom. The first-order chi connectivity index (χ1) is 10.5. The Balaban J connectivity index is 0.000000366. The lowest BCUT2D eigenvalue weighted by molar-refractivity contribution is 0.411. The molecule has 0 aliphatic rings. The average Bonchev–Trinajstić information content (AvgIpc) is 2.51. The van der Waals surface area contributed by atoms with Crippen LogP contribution in [0.25, 0.3) is 0 Å². The second-order valence-corrected chi connectivity index (χ2v) is 5.86. The van der Waals surface area contributed by atoms with E-state index in [0.717, 1.165) is 12.1 Å². The summed E-state index contributed by atoms with van der Waals surface area (Å²) in [5.41, 5.74) is 2.74. The van der Waals surface area contributed by atoms with Crippen LogP contribution in [0.3, 0.4) is 0 Å². The van der Waals surface area contributed by atoms with E-state index in [0.29, 0.717) is 5.41 Å². The molecule has 0 saturated heterocycles. The van der Waals surface area contributed by atoms with Gasteiger partial charge in [-0.05, 0) is 29.5 Å². The zero-order valence-electron chi connectivity index (χ0n) is 14.9. The standard InChI is InChI=1S/C11H16.C7H8N2.C2H6/c1-11(2,3)9-10-7-5-4-6-8-10;1-8-9-7-5-3-2-4-6-7;1-2/h4-8H,9H2,1-3H3;2-6H,1H3;1-2H3. The molecule has 2 heteroatoms. The molecule has 0 aliphatic carbocycles. The van der Waals surface area contributed by atoms with Crippen molar-refractivity contribution in [2.75, 3.05) is 7.05 Å². The monoisotopic (exact) mass is 298 g/mol. The molecule has 0 spiro atoms. The fourth-order valence-electron chi connectivity index (χ4n) is 1.82. The first-order valence-electron chi connectivity index (χ1n) is 7.90. The van der Waals surface area contributed by atoms with E-state index in [1.807, 2.05) is 44.2 Å². The molecule has 22 heavy (non-hydrogen) atoms. The van der Waals surface area contributed by atoms with Gasteiger partial charge < -0.3 is 0 Å². The summed E-state index contributed by atoms with van der Waals surface area (Å²) in [7, 11) is 1.66. The van der Waals surface area contributed by atoms with Crippen molar-refractivity contribution in [1.82, 2.24) is 0 Å². The Labute approximate surface area is 136 Å². The zero-order chi connectivity index (χ0) is 16.8. The molecular weight excluding hydrogens is 268 g/mol. The molecular formula is C20H30N2. The van der Waals surface area contributed by atoms with Gasteiger partial charge in [0.2, 0.25) is 0 Å². The predicted molar refractivity (Wildman–Crippen MR) is 97.8 cm³/mol. The zero-order valence-corrected chi connectivity index (χ0v) is 14.9. The summed E-state index contributed by atoms with van der Waals surface area (Å²) in [6.07, 6.45) is 1.16. The van der Waals surface area contributed by atoms with E-state index < -0.39 is 0 Å². The van der Waals surface area contributed by atoms with Crippen molar-refractivity contribution in [3.63, 3.8) is 0 Å². The number of hydrogen-bond donors (Lipinski definition) is 0. The van der Waals surface area contributed by atoms with Crippen LogP contribution in [0, 0.1) is 5.41 Å². The van der Waals surface area contributed by atoms with E-state index in [4.69, 9.17) is 0 Å². The van der Waals surface area contributed by atoms with Crippen molar-refractivity contribution in [2.24, 2.45) is 15.6 Å². The van der Waals surface area contributed by atoms with Gasteiger partial charge in [0.1, 0.15) is 0 Å². The molecule has 0 N–H and O–H groups in total. The van der Waals surface area contributed by atoms with Crippen LogP contribution in [0.1, 0.15) is 40.2 Å². The third kappa shape index (κ3) is 10.8. The number of benzene rings is 2. The summed E-state index contributed by atoms with van der Waals surface area (Å²) in [4.78, 5) is 0. The van der Waals surface area contributed by atoms with Gasteiger partial charge in [0, 0.05) is 7.05 Å². The average molecular weight is 298 g/mol. The smallest absolute Gasteiger partial charge is 0.0852 e. The maximum absolute atomic E-state index is 3.83. The minimum absolute atomic E-state index is 0.404. The lowest BCUT2D eigenvalue weighted by Gasteiger charge is -2.17. The van der Waals surface area contributed by atoms with Crippen LogP contribution in [-0.2, 0) is 6.42 Å². The SMILES string of the molecule is CC.CC(C)(C)Cc1ccccc1.CN=Nc1ccccc1. The molecule has 2 nitrogen and oxygen atoms in total. The Morgan fingerprint density at radius 3 is 1.64 bits per heavy atom. The predicted octanol–water partition coefficient (Wildman–Crippen LogP) is 6.70. The first kappa shape index (κ1) is 20.0. The molecule has 0 saturated carbocycles. The second kappa shape index (κ2) is 11.7. The minimum Gasteiger partial charge on any atom is -0.192 e. The third-order valence-electron chi connectivity index (χ3n) is 2.55. The molecule has 0 unspecified atom stereocenters. The number of azo groups is 1. The topological polar surface area (TPSA) is 24.7 Å². The van der Waals surface area contributed by atoms with Crippen LogP contribution < -0.4 is 0 Å². The summed E-state index contributed by atoms with van der Waals surface area (Å²) in [5, 5.41) is 7.46. The molecule has 2 aromatic rings. The molecule has 0 bridgehead atoms. The van der Waals surface area contributed by atoms with Crippen molar-refractivity contribution in [2.45, 2.75) is 41.0 Å². The molecule has 120 valence electrons. The highest BCUT2D eigenvalue weighted by molar-refractivity contribution is 5.34. The van der Waals surface area contributed by atoms with E-state index >= 15 is 0 Å². The summed E-state index contributed by atoms with van der Waals surface area (Å²) in [6.45, 7) is 10.8. The van der Waals surface area contributed by atoms with E-state index in [1.54, 1.807) is 7.05 Å². The van der Waals surface area contributed by atoms with Gasteiger partial charge >= 0.3 is 0 Å². The molecule has 0 amide bonds. The van der Waals surface area contributed by atoms with E-state index in [1.165, 1.54) is 5.56 Å². The highest BCUT2D eigenvalue weighted by atomic mass is 15.1. The van der Waals surface area contributed by atoms with Gasteiger partial charge in [0.25, 0.3) is 0 Å². The van der Waals surface area contributed by atoms with Crippen molar-refractivity contribution in [1.29, 1.82) is 0 Å². The van der Waals surface area contributed by atoms with Crippen molar-refractivity contribution in [3.8, 4) is 0 Å². The molecule has 2 rings (SSSR count). The maximum Gasteiger partial charge on any atom is 0.0852 e. The van der Waals surface area contributed by atoms with Crippen LogP contribution >= 0.6 is 0 Å². The van der Waals surface area contributed by atoms with Crippen molar-refractivity contribution >= 4 is 5.69 Å². The van der Waals surface area contributed by atoms with Crippen LogP contribution in [-0.4, -0.2) is 7.05 Å². The van der Waals surface area contributed by atoms with E-state index in [2.05, 4.69) is 61.3 Å². The van der Waals surface area contributed by atoms with Gasteiger partial charge in [0.15, 0.2) is 0 Å². The van der Waals surface area contributed by atoms with Gasteiger partial charge in [-0.3, -0.25) is 0 Å². The van der Waals surface area contributed by atoms with Gasteiger partial charge in [-0.1, -0.05) is 83.1 Å². The van der Waals surface area contributed by atoms with Crippen molar-refractivity contribution in [3.05, 3.63) is 66.2 Å². The van der Waals surface area contributed by atoms with Gasteiger partial charge in [-0.15, -0.1) is 0 Å². The normalized spacial score (nSPS) is 10.3. The molecule has 2 aromatic carbocycles. The number of hydrogen-bond acceptors (Lipinski definition) is 2. The summed E-state index contributed by atoms with van der Waals surface area (Å²) in [5.74, 6) is 0. The minimum atomic E-state index is 0.404. The molecule has 0 atom stereocenters. The molecule has 0 radical (unpaired) electrons. The highest BCUT2D eigenvalue weighted by Crippen LogP contribution is 2.19. The van der Waals surface area contributed by atoms with Gasteiger partial charge in [-0.2, -0.15) is 10.2 Å². The van der Waals surface area contributed by atoms with E-state index in [-0.39, 0.29) is 0 Å². The third-order valence-corrected chi connectivity index (χ3v) is 2.55. The van der Waals surface area contributed by atoms with Crippen LogP contribution in [0.2, 0.25) is 0 Å². The number of rotatable bonds is 2. The Hall–Kier alpha value is -1.96. The lowest BCUT2D eigenvalue weighted by atomic mass is 9.88. The van der Waals surface area contributed by atoms with Crippen LogP contribution in [0.15, 0.2) is 70.9 Å². The second-order valence-electron chi connectivity index (χ2n) is 5.86. The Kier molecular flexibility index (Phi) is 10.6. The molecule has 0 aromatic heterocycles. The Bertz CT molecular complexity index is 496. The molecule has 0 heterocycles. The lowest BCUT2D eigenvalue weighted by Crippen LogP contribution is -2.08. The van der Waals surface area contributed by atoms with Crippen molar-refractivity contribution < 1.29 is 0 Å². The fraction of sp³-hybridized carbons (Fsp3) is 0.400. The maximum atomic E-state index is 3.83. The molecule has 0 fully saturated rings. The summed E-state index contributed by atoms with van der Waals surface area (Å²) >= 11 is 0. The van der Waals surface area contributed by atoms with Gasteiger partial charge in [0.05, 0.1) is 5.69 Å². The quantitative estimate of drug-likeness (QED) is 0.551. The largest absolute Gasteiger partial charge is 0.192 e. The summed E-state index contributed by atoms with van der Waals surface area (Å²) in [6, 6.07) is 20.3. The highest BCUT2D eigenvalue weighted by Gasteiger charge is 2.09. The Morgan fingerprint density at radius 1 is 0.773 bits per heavy atom. The van der Waals surface area contributed by atoms with Crippen LogP contribution in [0.4, 0.5) is 5.69 Å². The van der Waals surface area contributed by atoms with E-state index in [9.17, 15) is 0 Å². The van der Waals surface area contributed by atoms with Gasteiger partial charge in [-0.25, -0.2) is 0 Å². The molecule has 0 aliphatic heterocycles.